The molecule has 0 aliphatic heterocycles. The van der Waals surface area contributed by atoms with Gasteiger partial charge in [0.1, 0.15) is 0 Å². The van der Waals surface area contributed by atoms with Crippen molar-refractivity contribution in [3.8, 4) is 0 Å². The molecule has 0 saturated heterocycles. The van der Waals surface area contributed by atoms with Gasteiger partial charge in [0.05, 0.1) is 0 Å². The van der Waals surface area contributed by atoms with Crippen LogP contribution in [0.3, 0.4) is 0 Å². The van der Waals surface area contributed by atoms with E-state index in [1.807, 2.05) is 27.8 Å². The molecule has 0 spiro atoms. The van der Waals surface area contributed by atoms with Gasteiger partial charge in [0.15, 0.2) is 0 Å². The Labute approximate surface area is 77.0 Å². The highest BCUT2D eigenvalue weighted by molar-refractivity contribution is 5.75. The Hall–Kier alpha value is -0.530. The molecule has 0 bridgehead atoms. The predicted molar refractivity (Wildman–Crippen MR) is 54.2 cm³/mol. The van der Waals surface area contributed by atoms with Crippen LogP contribution >= 0.6 is 0 Å². The summed E-state index contributed by atoms with van der Waals surface area (Å²) in [5, 5.41) is 0. The zero-order valence-corrected chi connectivity index (χ0v) is 9.18. The number of nitrogens with zero attached hydrogens (tertiary/aromatic N) is 1. The molecule has 0 aromatic rings. The zero-order valence-electron chi connectivity index (χ0n) is 9.18. The zero-order chi connectivity index (χ0) is 9.98. The summed E-state index contributed by atoms with van der Waals surface area (Å²) < 4.78 is 0. The van der Waals surface area contributed by atoms with Gasteiger partial charge in [-0.25, -0.2) is 0 Å². The lowest BCUT2D eigenvalue weighted by atomic mass is 10.3. The second kappa shape index (κ2) is 10.5. The van der Waals surface area contributed by atoms with Crippen molar-refractivity contribution < 1.29 is 4.79 Å². The summed E-state index contributed by atoms with van der Waals surface area (Å²) in [6, 6.07) is 0. The van der Waals surface area contributed by atoms with Crippen molar-refractivity contribution >= 4 is 5.91 Å². The highest BCUT2D eigenvalue weighted by Crippen LogP contribution is 1.94. The Bertz CT molecular complexity index is 102. The maximum atomic E-state index is 11.1. The highest BCUT2D eigenvalue weighted by Gasteiger charge is 2.03. The quantitative estimate of drug-likeness (QED) is 0.640. The van der Waals surface area contributed by atoms with Crippen molar-refractivity contribution in [2.24, 2.45) is 0 Å². The molecule has 0 unspecified atom stereocenters. The van der Waals surface area contributed by atoms with E-state index in [1.165, 1.54) is 0 Å². The number of rotatable bonds is 4. The fourth-order valence-electron chi connectivity index (χ4n) is 0.865. The first-order valence-electron chi connectivity index (χ1n) is 4.96. The lowest BCUT2D eigenvalue weighted by molar-refractivity contribution is -0.129. The van der Waals surface area contributed by atoms with E-state index in [0.717, 1.165) is 19.4 Å². The topological polar surface area (TPSA) is 20.3 Å². The Morgan fingerprint density at radius 1 is 1.17 bits per heavy atom. The predicted octanol–water partition coefficient (Wildman–Crippen LogP) is 2.68. The van der Waals surface area contributed by atoms with Gasteiger partial charge < -0.3 is 4.90 Å². The van der Waals surface area contributed by atoms with Crippen molar-refractivity contribution in [1.82, 2.24) is 4.90 Å². The minimum Gasteiger partial charge on any atom is -0.346 e. The third kappa shape index (κ3) is 7.58. The molecule has 0 aliphatic carbocycles. The molecule has 0 saturated carbocycles. The standard InChI is InChI=1S/C8H17NO.C2H6/c1-4-6-8(10)9(3)7-5-2;1-2/h4-7H2,1-3H3;1-2H3. The Balaban J connectivity index is 0. The van der Waals surface area contributed by atoms with E-state index >= 15 is 0 Å². The van der Waals surface area contributed by atoms with Crippen LogP contribution in [0.5, 0.6) is 0 Å². The maximum Gasteiger partial charge on any atom is 0.222 e. The average Bonchev–Trinajstić information content (AvgIpc) is 2.09. The first kappa shape index (κ1) is 14.0. The average molecular weight is 173 g/mol. The molecule has 2 nitrogen and oxygen atoms in total. The first-order chi connectivity index (χ1) is 5.72. The van der Waals surface area contributed by atoms with Crippen LogP contribution in [0.25, 0.3) is 0 Å². The first-order valence-corrected chi connectivity index (χ1v) is 4.96. The van der Waals surface area contributed by atoms with Crippen LogP contribution in [-0.2, 0) is 4.79 Å². The van der Waals surface area contributed by atoms with Gasteiger partial charge in [-0.15, -0.1) is 0 Å². The summed E-state index contributed by atoms with van der Waals surface area (Å²) >= 11 is 0. The van der Waals surface area contributed by atoms with E-state index < -0.39 is 0 Å². The number of hydrogen-bond acceptors (Lipinski definition) is 1. The van der Waals surface area contributed by atoms with Gasteiger partial charge in [0.2, 0.25) is 5.91 Å². The Kier molecular flexibility index (Phi) is 12.2. The molecule has 0 aliphatic rings. The normalized spacial score (nSPS) is 8.42. The molecule has 2 heteroatoms. The SMILES string of the molecule is CC.CCCC(=O)N(C)CCC. The van der Waals surface area contributed by atoms with Crippen molar-refractivity contribution in [3.63, 3.8) is 0 Å². The number of carbonyl (C=O) groups is 1. The lowest BCUT2D eigenvalue weighted by Crippen LogP contribution is -2.26. The smallest absolute Gasteiger partial charge is 0.222 e. The Morgan fingerprint density at radius 3 is 2.00 bits per heavy atom. The van der Waals surface area contributed by atoms with Crippen molar-refractivity contribution in [2.75, 3.05) is 13.6 Å². The molecule has 0 N–H and O–H groups in total. The van der Waals surface area contributed by atoms with Crippen LogP contribution < -0.4 is 0 Å². The highest BCUT2D eigenvalue weighted by atomic mass is 16.2. The summed E-state index contributed by atoms with van der Waals surface area (Å²) in [7, 11) is 1.86. The minimum atomic E-state index is 0.268. The van der Waals surface area contributed by atoms with E-state index in [-0.39, 0.29) is 5.91 Å². The van der Waals surface area contributed by atoms with Crippen LogP contribution in [-0.4, -0.2) is 24.4 Å². The van der Waals surface area contributed by atoms with E-state index in [9.17, 15) is 4.79 Å². The van der Waals surface area contributed by atoms with Crippen LogP contribution in [0.1, 0.15) is 47.0 Å². The van der Waals surface area contributed by atoms with E-state index in [4.69, 9.17) is 0 Å². The number of amides is 1. The molecule has 0 aromatic carbocycles. The third-order valence-electron chi connectivity index (χ3n) is 1.45. The van der Waals surface area contributed by atoms with Gasteiger partial charge in [0, 0.05) is 20.0 Å². The maximum absolute atomic E-state index is 11.1. The lowest BCUT2D eigenvalue weighted by Gasteiger charge is -2.14. The number of carbonyl (C=O) groups excluding carboxylic acids is 1. The molecule has 0 aromatic heterocycles. The minimum absolute atomic E-state index is 0.268. The fraction of sp³-hybridized carbons (Fsp3) is 0.900. The molecular formula is C10H23NO. The monoisotopic (exact) mass is 173 g/mol. The van der Waals surface area contributed by atoms with Crippen molar-refractivity contribution in [2.45, 2.75) is 47.0 Å². The van der Waals surface area contributed by atoms with Crippen LogP contribution in [0.4, 0.5) is 0 Å². The van der Waals surface area contributed by atoms with Gasteiger partial charge in [-0.1, -0.05) is 27.7 Å². The third-order valence-corrected chi connectivity index (χ3v) is 1.45. The Morgan fingerprint density at radius 2 is 1.67 bits per heavy atom. The van der Waals surface area contributed by atoms with E-state index in [0.29, 0.717) is 6.42 Å². The van der Waals surface area contributed by atoms with Gasteiger partial charge in [-0.2, -0.15) is 0 Å². The molecule has 0 fully saturated rings. The van der Waals surface area contributed by atoms with Gasteiger partial charge in [-0.05, 0) is 12.8 Å². The van der Waals surface area contributed by atoms with Crippen LogP contribution in [0.15, 0.2) is 0 Å². The van der Waals surface area contributed by atoms with Crippen LogP contribution in [0.2, 0.25) is 0 Å². The van der Waals surface area contributed by atoms with Crippen molar-refractivity contribution in [1.29, 1.82) is 0 Å². The number of hydrogen-bond donors (Lipinski definition) is 0. The summed E-state index contributed by atoms with van der Waals surface area (Å²) in [6.45, 7) is 8.99. The summed E-state index contributed by atoms with van der Waals surface area (Å²) in [4.78, 5) is 12.9. The molecule has 74 valence electrons. The molecular weight excluding hydrogens is 150 g/mol. The molecule has 0 heterocycles. The summed E-state index contributed by atoms with van der Waals surface area (Å²) in [5.41, 5.74) is 0. The van der Waals surface area contributed by atoms with Crippen LogP contribution in [0, 0.1) is 0 Å². The van der Waals surface area contributed by atoms with E-state index in [1.54, 1.807) is 4.90 Å². The second-order valence-electron chi connectivity index (χ2n) is 2.57. The van der Waals surface area contributed by atoms with Gasteiger partial charge in [0.25, 0.3) is 0 Å². The molecule has 0 atom stereocenters. The summed E-state index contributed by atoms with van der Waals surface area (Å²) in [6.07, 6.45) is 2.69. The molecule has 12 heavy (non-hydrogen) atoms. The molecule has 0 rings (SSSR count). The van der Waals surface area contributed by atoms with Gasteiger partial charge >= 0.3 is 0 Å². The van der Waals surface area contributed by atoms with Crippen molar-refractivity contribution in [3.05, 3.63) is 0 Å². The second-order valence-corrected chi connectivity index (χ2v) is 2.57. The summed E-state index contributed by atoms with van der Waals surface area (Å²) in [5.74, 6) is 0.268. The van der Waals surface area contributed by atoms with E-state index in [2.05, 4.69) is 6.92 Å². The molecule has 0 radical (unpaired) electrons. The largest absolute Gasteiger partial charge is 0.346 e. The van der Waals surface area contributed by atoms with Gasteiger partial charge in [-0.3, -0.25) is 4.79 Å². The fourth-order valence-corrected chi connectivity index (χ4v) is 0.865. The molecule has 1 amide bonds.